The molecule has 2 rings (SSSR count). The summed E-state index contributed by atoms with van der Waals surface area (Å²) in [7, 11) is 1.23. The first-order chi connectivity index (χ1) is 8.52. The highest BCUT2D eigenvalue weighted by atomic mass is 79.9. The summed E-state index contributed by atoms with van der Waals surface area (Å²) in [6.07, 6.45) is 1.64. The number of hydrogen-bond acceptors (Lipinski definition) is 5. The Morgan fingerprint density at radius 2 is 2.39 bits per heavy atom. The van der Waals surface area contributed by atoms with Crippen LogP contribution in [0.25, 0.3) is 0 Å². The highest BCUT2D eigenvalue weighted by molar-refractivity contribution is 9.09. The molecule has 0 aliphatic carbocycles. The molecule has 6 nitrogen and oxygen atoms in total. The van der Waals surface area contributed by atoms with Crippen LogP contribution in [0.3, 0.4) is 0 Å². The topological polar surface area (TPSA) is 72.4 Å². The van der Waals surface area contributed by atoms with Gasteiger partial charge in [0.2, 0.25) is 5.91 Å². The number of rotatable bonds is 2. The van der Waals surface area contributed by atoms with Crippen LogP contribution in [0.5, 0.6) is 0 Å². The smallest absolute Gasteiger partial charge is 0.360 e. The van der Waals surface area contributed by atoms with Crippen molar-refractivity contribution in [3.8, 4) is 0 Å². The minimum absolute atomic E-state index is 0.0352. The van der Waals surface area contributed by atoms with Gasteiger partial charge in [-0.25, -0.2) is 14.8 Å². The van der Waals surface area contributed by atoms with Crippen molar-refractivity contribution < 1.29 is 14.3 Å². The molecule has 1 aliphatic rings. The lowest BCUT2D eigenvalue weighted by Crippen LogP contribution is -2.28. The zero-order chi connectivity index (χ0) is 13.3. The Hall–Kier alpha value is -1.21. The molecule has 1 atom stereocenters. The van der Waals surface area contributed by atoms with E-state index in [2.05, 4.69) is 30.6 Å². The van der Waals surface area contributed by atoms with E-state index in [0.717, 1.165) is 0 Å². The number of hydrogen-bond donors (Lipinski definition) is 0. The molecule has 1 unspecified atom stereocenters. The van der Waals surface area contributed by atoms with E-state index in [9.17, 15) is 9.59 Å². The number of nitrogens with zero attached hydrogens (tertiary/aromatic N) is 3. The number of aromatic nitrogens is 2. The van der Waals surface area contributed by atoms with Gasteiger partial charge in [0, 0.05) is 17.8 Å². The summed E-state index contributed by atoms with van der Waals surface area (Å²) in [5.74, 6) is -0.623. The number of alkyl halides is 1. The lowest BCUT2D eigenvalue weighted by Gasteiger charge is -2.16. The molecule has 1 aromatic heterocycles. The summed E-state index contributed by atoms with van der Waals surface area (Å²) >= 11 is 9.05. The van der Waals surface area contributed by atoms with Gasteiger partial charge in [-0.1, -0.05) is 27.5 Å². The Kier molecular flexibility index (Phi) is 3.82. The van der Waals surface area contributed by atoms with Gasteiger partial charge in [0.15, 0.2) is 11.5 Å². The van der Waals surface area contributed by atoms with Crippen LogP contribution < -0.4 is 4.90 Å². The summed E-state index contributed by atoms with van der Waals surface area (Å²) in [6, 6.07) is 0. The van der Waals surface area contributed by atoms with Gasteiger partial charge in [0.1, 0.15) is 5.15 Å². The maximum atomic E-state index is 11.8. The molecule has 0 radical (unpaired) electrons. The monoisotopic (exact) mass is 333 g/mol. The van der Waals surface area contributed by atoms with Gasteiger partial charge < -0.3 is 4.74 Å². The normalized spacial score (nSPS) is 19.2. The summed E-state index contributed by atoms with van der Waals surface area (Å²) in [5, 5.41) is 0.0705. The summed E-state index contributed by atoms with van der Waals surface area (Å²) in [5.41, 5.74) is -0.0556. The molecule has 1 aliphatic heterocycles. The fraction of sp³-hybridized carbons (Fsp3) is 0.400. The first-order valence-corrected chi connectivity index (χ1v) is 6.37. The van der Waals surface area contributed by atoms with Crippen molar-refractivity contribution in [1.29, 1.82) is 0 Å². The molecule has 8 heteroatoms. The van der Waals surface area contributed by atoms with Gasteiger partial charge in [0.25, 0.3) is 0 Å². The number of amides is 1. The molecule has 18 heavy (non-hydrogen) atoms. The molecule has 0 aromatic carbocycles. The molecule has 1 saturated heterocycles. The van der Waals surface area contributed by atoms with Crippen molar-refractivity contribution in [3.63, 3.8) is 0 Å². The number of carbonyl (C=O) groups is 2. The Morgan fingerprint density at radius 3 is 2.94 bits per heavy atom. The van der Waals surface area contributed by atoms with Crippen LogP contribution in [0.15, 0.2) is 6.20 Å². The zero-order valence-corrected chi connectivity index (χ0v) is 11.7. The number of methoxy groups -OCH3 is 1. The third-order valence-corrected chi connectivity index (χ3v) is 3.23. The fourth-order valence-corrected chi connectivity index (χ4v) is 2.36. The quantitative estimate of drug-likeness (QED) is 0.604. The zero-order valence-electron chi connectivity index (χ0n) is 9.39. The lowest BCUT2D eigenvalue weighted by molar-refractivity contribution is -0.117. The number of halogens is 2. The fourth-order valence-electron chi connectivity index (χ4n) is 1.66. The average molecular weight is 335 g/mol. The molecule has 0 saturated carbocycles. The molecule has 1 aromatic rings. The van der Waals surface area contributed by atoms with Crippen LogP contribution in [0, 0.1) is 0 Å². The largest absolute Gasteiger partial charge is 0.464 e. The molecule has 0 N–H and O–H groups in total. The second-order valence-electron chi connectivity index (χ2n) is 3.66. The Bertz CT molecular complexity index is 511. The van der Waals surface area contributed by atoms with Crippen LogP contribution in [0.2, 0.25) is 5.15 Å². The van der Waals surface area contributed by atoms with E-state index < -0.39 is 5.97 Å². The van der Waals surface area contributed by atoms with E-state index >= 15 is 0 Å². The Morgan fingerprint density at radius 1 is 1.67 bits per heavy atom. The van der Waals surface area contributed by atoms with Gasteiger partial charge >= 0.3 is 5.97 Å². The van der Waals surface area contributed by atoms with E-state index in [-0.39, 0.29) is 27.4 Å². The van der Waals surface area contributed by atoms with E-state index in [1.165, 1.54) is 18.2 Å². The van der Waals surface area contributed by atoms with Crippen LogP contribution >= 0.6 is 27.5 Å². The molecule has 0 bridgehead atoms. The molecular weight excluding hydrogens is 325 g/mol. The van der Waals surface area contributed by atoms with E-state index in [0.29, 0.717) is 13.0 Å². The average Bonchev–Trinajstić information content (AvgIpc) is 2.67. The van der Waals surface area contributed by atoms with Crippen molar-refractivity contribution in [2.24, 2.45) is 0 Å². The van der Waals surface area contributed by atoms with Gasteiger partial charge in [-0.3, -0.25) is 9.69 Å². The maximum absolute atomic E-state index is 11.8. The highest BCUT2D eigenvalue weighted by Gasteiger charge is 2.33. The Balaban J connectivity index is 2.44. The molecule has 1 fully saturated rings. The van der Waals surface area contributed by atoms with Crippen molar-refractivity contribution >= 4 is 45.2 Å². The number of ether oxygens (including phenoxy) is 1. The standard InChI is InChI=1S/C10H9BrClN3O3/c1-18-10(17)8-9(13-3-6(12)14-8)15-4-5(11)2-7(15)16/h3,5H,2,4H2,1H3. The molecule has 96 valence electrons. The maximum Gasteiger partial charge on any atom is 0.360 e. The Labute approximate surface area is 116 Å². The number of anilines is 1. The second kappa shape index (κ2) is 5.19. The second-order valence-corrected chi connectivity index (χ2v) is 5.34. The highest BCUT2D eigenvalue weighted by Crippen LogP contribution is 2.26. The predicted molar refractivity (Wildman–Crippen MR) is 68.1 cm³/mol. The molecule has 2 heterocycles. The van der Waals surface area contributed by atoms with Crippen molar-refractivity contribution in [2.45, 2.75) is 11.2 Å². The summed E-state index contributed by atoms with van der Waals surface area (Å²) < 4.78 is 4.60. The first kappa shape index (κ1) is 13.2. The minimum atomic E-state index is -0.675. The SMILES string of the molecule is COC(=O)c1nc(Cl)cnc1N1CC(Br)CC1=O. The van der Waals surface area contributed by atoms with Crippen LogP contribution in [-0.2, 0) is 9.53 Å². The van der Waals surface area contributed by atoms with E-state index in [1.54, 1.807) is 0 Å². The molecule has 1 amide bonds. The molecule has 0 spiro atoms. The summed E-state index contributed by atoms with van der Waals surface area (Å²) in [6.45, 7) is 0.430. The third-order valence-electron chi connectivity index (χ3n) is 2.44. The van der Waals surface area contributed by atoms with Crippen molar-refractivity contribution in [3.05, 3.63) is 17.0 Å². The summed E-state index contributed by atoms with van der Waals surface area (Å²) in [4.78, 5) is 32.7. The minimum Gasteiger partial charge on any atom is -0.464 e. The number of carbonyl (C=O) groups excluding carboxylic acids is 2. The van der Waals surface area contributed by atoms with E-state index in [4.69, 9.17) is 11.6 Å². The van der Waals surface area contributed by atoms with Crippen LogP contribution in [0.1, 0.15) is 16.9 Å². The third kappa shape index (κ3) is 2.46. The van der Waals surface area contributed by atoms with Crippen molar-refractivity contribution in [1.82, 2.24) is 9.97 Å². The lowest BCUT2D eigenvalue weighted by atomic mass is 10.3. The first-order valence-electron chi connectivity index (χ1n) is 5.08. The predicted octanol–water partition coefficient (Wildman–Crippen LogP) is 1.42. The van der Waals surface area contributed by atoms with Gasteiger partial charge in [-0.05, 0) is 0 Å². The van der Waals surface area contributed by atoms with Gasteiger partial charge in [-0.15, -0.1) is 0 Å². The number of esters is 1. The molecular formula is C10H9BrClN3O3. The van der Waals surface area contributed by atoms with Crippen LogP contribution in [0.4, 0.5) is 5.82 Å². The van der Waals surface area contributed by atoms with Gasteiger partial charge in [-0.2, -0.15) is 0 Å². The van der Waals surface area contributed by atoms with Crippen molar-refractivity contribution in [2.75, 3.05) is 18.6 Å². The van der Waals surface area contributed by atoms with E-state index in [1.807, 2.05) is 0 Å². The van der Waals surface area contributed by atoms with Gasteiger partial charge in [0.05, 0.1) is 13.3 Å². The van der Waals surface area contributed by atoms with Crippen LogP contribution in [-0.4, -0.2) is 40.3 Å².